The van der Waals surface area contributed by atoms with Crippen LogP contribution in [0, 0.1) is 5.82 Å². The summed E-state index contributed by atoms with van der Waals surface area (Å²) in [4.78, 5) is 26.1. The van der Waals surface area contributed by atoms with Gasteiger partial charge in [0.15, 0.2) is 0 Å². The van der Waals surface area contributed by atoms with E-state index in [9.17, 15) is 14.0 Å². The van der Waals surface area contributed by atoms with Crippen LogP contribution in [0.15, 0.2) is 24.3 Å². The molecule has 21 heavy (non-hydrogen) atoms. The summed E-state index contributed by atoms with van der Waals surface area (Å²) in [6, 6.07) is 5.06. The number of benzene rings is 1. The minimum absolute atomic E-state index is 0.0926. The van der Waals surface area contributed by atoms with Crippen LogP contribution in [-0.2, 0) is 16.1 Å². The molecule has 0 spiro atoms. The summed E-state index contributed by atoms with van der Waals surface area (Å²) in [5.74, 6) is 0.289. The van der Waals surface area contributed by atoms with Gasteiger partial charge in [0.05, 0.1) is 0 Å². The van der Waals surface area contributed by atoms with Crippen LogP contribution < -0.4 is 5.32 Å². The average molecular weight is 310 g/mol. The lowest BCUT2D eigenvalue weighted by molar-refractivity contribution is -0.149. The van der Waals surface area contributed by atoms with E-state index in [-0.39, 0.29) is 17.6 Å². The Kier molecular flexibility index (Phi) is 5.22. The van der Waals surface area contributed by atoms with Crippen molar-refractivity contribution >= 4 is 23.6 Å². The molecule has 1 saturated heterocycles. The Morgan fingerprint density at radius 3 is 2.57 bits per heavy atom. The van der Waals surface area contributed by atoms with Gasteiger partial charge in [-0.3, -0.25) is 9.59 Å². The fourth-order valence-electron chi connectivity index (χ4n) is 2.41. The number of hydrogen-bond acceptors (Lipinski definition) is 3. The maximum atomic E-state index is 13.0. The monoisotopic (exact) mass is 310 g/mol. The highest BCUT2D eigenvalue weighted by Crippen LogP contribution is 2.18. The maximum absolute atomic E-state index is 13.0. The number of nitrogens with zero attached hydrogens (tertiary/aromatic N) is 1. The Labute approximate surface area is 128 Å². The van der Waals surface area contributed by atoms with E-state index >= 15 is 0 Å². The van der Waals surface area contributed by atoms with E-state index in [4.69, 9.17) is 0 Å². The summed E-state index contributed by atoms with van der Waals surface area (Å²) >= 11 is 1.64. The molecule has 1 N–H and O–H groups in total. The number of carbonyl (C=O) groups is 2. The van der Waals surface area contributed by atoms with Crippen molar-refractivity contribution in [3.63, 3.8) is 0 Å². The molecule has 0 radical (unpaired) electrons. The predicted octanol–water partition coefficient (Wildman–Crippen LogP) is 1.79. The van der Waals surface area contributed by atoms with E-state index in [1.807, 2.05) is 6.26 Å². The summed E-state index contributed by atoms with van der Waals surface area (Å²) in [5.41, 5.74) is 0.820. The molecule has 1 aromatic rings. The zero-order chi connectivity index (χ0) is 15.4. The van der Waals surface area contributed by atoms with Gasteiger partial charge < -0.3 is 10.2 Å². The predicted molar refractivity (Wildman–Crippen MR) is 81.3 cm³/mol. The first kappa shape index (κ1) is 15.8. The highest BCUT2D eigenvalue weighted by Gasteiger charge is 2.37. The number of hydrogen-bond donors (Lipinski definition) is 1. The first-order valence-corrected chi connectivity index (χ1v) is 8.26. The Balaban J connectivity index is 2.18. The van der Waals surface area contributed by atoms with Gasteiger partial charge in [-0.15, -0.1) is 0 Å². The molecular weight excluding hydrogens is 291 g/mol. The molecule has 1 aliphatic heterocycles. The maximum Gasteiger partial charge on any atom is 0.245 e. The zero-order valence-electron chi connectivity index (χ0n) is 12.1. The summed E-state index contributed by atoms with van der Waals surface area (Å²) in [7, 11) is 0. The van der Waals surface area contributed by atoms with Crippen molar-refractivity contribution in [3.8, 4) is 0 Å². The Bertz CT molecular complexity index is 521. The van der Waals surface area contributed by atoms with Crippen molar-refractivity contribution in [1.29, 1.82) is 0 Å². The van der Waals surface area contributed by atoms with Crippen molar-refractivity contribution in [1.82, 2.24) is 10.2 Å². The van der Waals surface area contributed by atoms with Gasteiger partial charge >= 0.3 is 0 Å². The largest absolute Gasteiger partial charge is 0.343 e. The van der Waals surface area contributed by atoms with Gasteiger partial charge in [-0.05, 0) is 43.0 Å². The van der Waals surface area contributed by atoms with Crippen LogP contribution in [-0.4, -0.2) is 40.8 Å². The van der Waals surface area contributed by atoms with E-state index in [1.165, 1.54) is 12.1 Å². The van der Waals surface area contributed by atoms with Crippen molar-refractivity contribution in [2.45, 2.75) is 32.0 Å². The van der Waals surface area contributed by atoms with Crippen molar-refractivity contribution < 1.29 is 14.0 Å². The molecule has 1 aromatic carbocycles. The highest BCUT2D eigenvalue weighted by molar-refractivity contribution is 7.98. The SMILES string of the molecule is CSCC[C@@H]1C(=O)N[C@@H](C)C(=O)N1Cc1ccc(F)cc1. The Morgan fingerprint density at radius 1 is 1.29 bits per heavy atom. The molecule has 1 fully saturated rings. The fraction of sp³-hybridized carbons (Fsp3) is 0.467. The molecule has 2 amide bonds. The smallest absolute Gasteiger partial charge is 0.245 e. The highest BCUT2D eigenvalue weighted by atomic mass is 32.2. The molecule has 1 heterocycles. The molecule has 2 atom stereocenters. The lowest BCUT2D eigenvalue weighted by Gasteiger charge is -2.38. The Morgan fingerprint density at radius 2 is 1.95 bits per heavy atom. The van der Waals surface area contributed by atoms with E-state index in [2.05, 4.69) is 5.32 Å². The molecule has 114 valence electrons. The van der Waals surface area contributed by atoms with Gasteiger partial charge in [-0.1, -0.05) is 12.1 Å². The number of amides is 2. The van der Waals surface area contributed by atoms with Crippen LogP contribution in [0.1, 0.15) is 18.9 Å². The third kappa shape index (κ3) is 3.75. The topological polar surface area (TPSA) is 49.4 Å². The average Bonchev–Trinajstić information content (AvgIpc) is 2.46. The summed E-state index contributed by atoms with van der Waals surface area (Å²) in [6.07, 6.45) is 2.59. The molecule has 0 saturated carbocycles. The second-order valence-corrected chi connectivity index (χ2v) is 6.11. The number of carbonyl (C=O) groups excluding carboxylic acids is 2. The second-order valence-electron chi connectivity index (χ2n) is 5.12. The Hall–Kier alpha value is -1.56. The fourth-order valence-corrected chi connectivity index (χ4v) is 2.87. The molecular formula is C15H19FN2O2S. The van der Waals surface area contributed by atoms with Crippen LogP contribution in [0.5, 0.6) is 0 Å². The molecule has 1 aliphatic rings. The van der Waals surface area contributed by atoms with Gasteiger partial charge in [0.2, 0.25) is 11.8 Å². The van der Waals surface area contributed by atoms with Crippen LogP contribution in [0.4, 0.5) is 4.39 Å². The first-order chi connectivity index (χ1) is 10.0. The number of nitrogens with one attached hydrogen (secondary N) is 1. The van der Waals surface area contributed by atoms with Crippen LogP contribution in [0.25, 0.3) is 0 Å². The standard InChI is InChI=1S/C15H19FN2O2S/c1-10-15(20)18(9-11-3-5-12(16)6-4-11)13(7-8-21-2)14(19)17-10/h3-6,10,13H,7-9H2,1-2H3,(H,17,19)/t10-,13+/m0/s1. The van der Waals surface area contributed by atoms with E-state index in [1.54, 1.807) is 35.7 Å². The first-order valence-electron chi connectivity index (χ1n) is 6.87. The molecule has 6 heteroatoms. The lowest BCUT2D eigenvalue weighted by atomic mass is 10.0. The van der Waals surface area contributed by atoms with Gasteiger partial charge in [-0.25, -0.2) is 4.39 Å². The normalized spacial score (nSPS) is 22.3. The third-order valence-corrected chi connectivity index (χ3v) is 4.20. The number of thioether (sulfide) groups is 1. The van der Waals surface area contributed by atoms with E-state index < -0.39 is 12.1 Å². The van der Waals surface area contributed by atoms with Gasteiger partial charge in [0.1, 0.15) is 17.9 Å². The number of piperazine rings is 1. The minimum atomic E-state index is -0.511. The van der Waals surface area contributed by atoms with E-state index in [0.29, 0.717) is 13.0 Å². The van der Waals surface area contributed by atoms with Crippen LogP contribution in [0.2, 0.25) is 0 Å². The lowest BCUT2D eigenvalue weighted by Crippen LogP contribution is -2.62. The van der Waals surface area contributed by atoms with Gasteiger partial charge in [0.25, 0.3) is 0 Å². The summed E-state index contributed by atoms with van der Waals surface area (Å²) < 4.78 is 13.0. The zero-order valence-corrected chi connectivity index (χ0v) is 13.0. The minimum Gasteiger partial charge on any atom is -0.343 e. The van der Waals surface area contributed by atoms with Crippen LogP contribution in [0.3, 0.4) is 0 Å². The molecule has 0 bridgehead atoms. The van der Waals surface area contributed by atoms with Gasteiger partial charge in [-0.2, -0.15) is 11.8 Å². The molecule has 0 unspecified atom stereocenters. The third-order valence-electron chi connectivity index (χ3n) is 3.55. The summed E-state index contributed by atoms with van der Waals surface area (Å²) in [5, 5.41) is 2.71. The van der Waals surface area contributed by atoms with Crippen molar-refractivity contribution in [2.24, 2.45) is 0 Å². The molecule has 0 aliphatic carbocycles. The number of halogens is 1. The molecule has 2 rings (SSSR count). The van der Waals surface area contributed by atoms with Crippen molar-refractivity contribution in [3.05, 3.63) is 35.6 Å². The molecule has 0 aromatic heterocycles. The molecule has 4 nitrogen and oxygen atoms in total. The van der Waals surface area contributed by atoms with Crippen molar-refractivity contribution in [2.75, 3.05) is 12.0 Å². The second kappa shape index (κ2) is 6.93. The summed E-state index contributed by atoms with van der Waals surface area (Å²) in [6.45, 7) is 2.01. The van der Waals surface area contributed by atoms with Gasteiger partial charge in [0, 0.05) is 6.54 Å². The quantitative estimate of drug-likeness (QED) is 0.902. The van der Waals surface area contributed by atoms with Crippen LogP contribution >= 0.6 is 11.8 Å². The van der Waals surface area contributed by atoms with E-state index in [0.717, 1.165) is 11.3 Å². The number of rotatable bonds is 5.